The fourth-order valence-corrected chi connectivity index (χ4v) is 1.24. The van der Waals surface area contributed by atoms with E-state index in [4.69, 9.17) is 10.8 Å². The molecule has 2 rings (SSSR count). The zero-order valence-electron chi connectivity index (χ0n) is 7.51. The number of phenolic OH excluding ortho intramolecular Hbond substituents is 1. The molecule has 0 aliphatic heterocycles. The van der Waals surface area contributed by atoms with Crippen LogP contribution in [0.4, 0.5) is 5.69 Å². The first kappa shape index (κ1) is 8.56. The summed E-state index contributed by atoms with van der Waals surface area (Å²) in [7, 11) is 0. The van der Waals surface area contributed by atoms with Gasteiger partial charge in [-0.3, -0.25) is 4.98 Å². The molecular weight excluding hydrogens is 176 g/mol. The molecule has 0 fully saturated rings. The van der Waals surface area contributed by atoms with Crippen LogP contribution in [0.15, 0.2) is 42.6 Å². The molecule has 3 N–H and O–H groups in total. The van der Waals surface area contributed by atoms with Crippen LogP contribution in [-0.4, -0.2) is 10.1 Å². The van der Waals surface area contributed by atoms with Gasteiger partial charge in [0, 0.05) is 17.4 Å². The number of benzene rings is 1. The van der Waals surface area contributed by atoms with E-state index in [2.05, 4.69) is 4.98 Å². The summed E-state index contributed by atoms with van der Waals surface area (Å²) in [5, 5.41) is 9.11. The van der Waals surface area contributed by atoms with Crippen molar-refractivity contribution in [2.24, 2.45) is 0 Å². The Hall–Kier alpha value is -2.03. The van der Waals surface area contributed by atoms with E-state index in [1.54, 1.807) is 42.6 Å². The Morgan fingerprint density at radius 3 is 2.43 bits per heavy atom. The quantitative estimate of drug-likeness (QED) is 0.716. The minimum Gasteiger partial charge on any atom is -0.508 e. The van der Waals surface area contributed by atoms with Gasteiger partial charge in [-0.15, -0.1) is 0 Å². The number of nitrogens with zero attached hydrogens (tertiary/aromatic N) is 1. The van der Waals surface area contributed by atoms with Crippen molar-refractivity contribution in [1.82, 2.24) is 4.98 Å². The smallest absolute Gasteiger partial charge is 0.115 e. The third kappa shape index (κ3) is 1.66. The minimum absolute atomic E-state index is 0.248. The number of nitrogens with two attached hydrogens (primary N) is 1. The Morgan fingerprint density at radius 1 is 1.07 bits per heavy atom. The summed E-state index contributed by atoms with van der Waals surface area (Å²) in [4.78, 5) is 4.18. The van der Waals surface area contributed by atoms with Gasteiger partial charge in [-0.2, -0.15) is 0 Å². The third-order valence-corrected chi connectivity index (χ3v) is 1.95. The van der Waals surface area contributed by atoms with Crippen LogP contribution in [0.5, 0.6) is 5.75 Å². The number of rotatable bonds is 1. The molecule has 0 unspecified atom stereocenters. The largest absolute Gasteiger partial charge is 0.508 e. The van der Waals surface area contributed by atoms with Gasteiger partial charge in [-0.1, -0.05) is 0 Å². The van der Waals surface area contributed by atoms with E-state index < -0.39 is 0 Å². The maximum Gasteiger partial charge on any atom is 0.115 e. The second-order valence-corrected chi connectivity index (χ2v) is 3.02. The van der Waals surface area contributed by atoms with Gasteiger partial charge in [0.25, 0.3) is 0 Å². The molecule has 0 saturated heterocycles. The number of aromatic nitrogens is 1. The Balaban J connectivity index is 2.44. The van der Waals surface area contributed by atoms with Crippen LogP contribution in [0.3, 0.4) is 0 Å². The lowest BCUT2D eigenvalue weighted by Gasteiger charge is -2.01. The van der Waals surface area contributed by atoms with Crippen LogP contribution in [0.2, 0.25) is 0 Å². The molecule has 0 amide bonds. The highest BCUT2D eigenvalue weighted by molar-refractivity contribution is 5.63. The average Bonchev–Trinajstić information content (AvgIpc) is 2.19. The highest BCUT2D eigenvalue weighted by Crippen LogP contribution is 2.20. The third-order valence-electron chi connectivity index (χ3n) is 1.95. The lowest BCUT2D eigenvalue weighted by atomic mass is 10.1. The number of anilines is 1. The first-order chi connectivity index (χ1) is 6.75. The lowest BCUT2D eigenvalue weighted by Crippen LogP contribution is -1.87. The van der Waals surface area contributed by atoms with Crippen LogP contribution in [0.25, 0.3) is 11.3 Å². The van der Waals surface area contributed by atoms with Crippen molar-refractivity contribution in [2.45, 2.75) is 0 Å². The second-order valence-electron chi connectivity index (χ2n) is 3.02. The summed E-state index contributed by atoms with van der Waals surface area (Å²) in [6, 6.07) is 10.4. The number of nitrogen functional groups attached to an aromatic ring is 1. The molecule has 0 aliphatic carbocycles. The van der Waals surface area contributed by atoms with Crippen LogP contribution < -0.4 is 5.73 Å². The molecule has 0 saturated carbocycles. The molecule has 1 aromatic carbocycles. The number of pyridine rings is 1. The number of hydrogen-bond donors (Lipinski definition) is 2. The van der Waals surface area contributed by atoms with Crippen molar-refractivity contribution in [2.75, 3.05) is 5.73 Å². The van der Waals surface area contributed by atoms with E-state index in [0.717, 1.165) is 11.3 Å². The average molecular weight is 186 g/mol. The maximum absolute atomic E-state index is 9.11. The molecule has 1 aromatic heterocycles. The van der Waals surface area contributed by atoms with Crippen LogP contribution in [0, 0.1) is 0 Å². The minimum atomic E-state index is 0.248. The monoisotopic (exact) mass is 186 g/mol. The molecule has 0 aliphatic rings. The summed E-state index contributed by atoms with van der Waals surface area (Å²) in [6.07, 6.45) is 1.66. The first-order valence-electron chi connectivity index (χ1n) is 4.26. The fraction of sp³-hybridized carbons (Fsp3) is 0. The summed E-state index contributed by atoms with van der Waals surface area (Å²) in [6.45, 7) is 0. The van der Waals surface area contributed by atoms with Crippen LogP contribution >= 0.6 is 0 Å². The second kappa shape index (κ2) is 3.38. The molecule has 0 radical (unpaired) electrons. The SMILES string of the molecule is Nc1ccnc(-c2ccc(O)cc2)c1. The van der Waals surface area contributed by atoms with Gasteiger partial charge in [-0.05, 0) is 36.4 Å². The summed E-state index contributed by atoms with van der Waals surface area (Å²) in [5.74, 6) is 0.248. The molecule has 3 nitrogen and oxygen atoms in total. The Kier molecular flexibility index (Phi) is 2.07. The number of aromatic hydroxyl groups is 1. The number of phenols is 1. The molecule has 0 atom stereocenters. The molecule has 0 bridgehead atoms. The highest BCUT2D eigenvalue weighted by atomic mass is 16.3. The highest BCUT2D eigenvalue weighted by Gasteiger charge is 1.98. The van der Waals surface area contributed by atoms with Gasteiger partial charge in [0.05, 0.1) is 5.69 Å². The molecule has 2 aromatic rings. The Bertz CT molecular complexity index is 437. The van der Waals surface area contributed by atoms with Gasteiger partial charge in [-0.25, -0.2) is 0 Å². The molecular formula is C11H10N2O. The van der Waals surface area contributed by atoms with Crippen molar-refractivity contribution in [3.63, 3.8) is 0 Å². The van der Waals surface area contributed by atoms with Crippen molar-refractivity contribution in [3.8, 4) is 17.0 Å². The van der Waals surface area contributed by atoms with E-state index in [9.17, 15) is 0 Å². The molecule has 70 valence electrons. The Morgan fingerprint density at radius 2 is 1.79 bits per heavy atom. The molecule has 14 heavy (non-hydrogen) atoms. The molecule has 0 spiro atoms. The molecule has 1 heterocycles. The predicted octanol–water partition coefficient (Wildman–Crippen LogP) is 2.04. The van der Waals surface area contributed by atoms with Crippen molar-refractivity contribution < 1.29 is 5.11 Å². The normalized spacial score (nSPS) is 10.0. The van der Waals surface area contributed by atoms with Crippen molar-refractivity contribution in [1.29, 1.82) is 0 Å². The number of hydrogen-bond acceptors (Lipinski definition) is 3. The van der Waals surface area contributed by atoms with E-state index in [0.29, 0.717) is 5.69 Å². The maximum atomic E-state index is 9.11. The first-order valence-corrected chi connectivity index (χ1v) is 4.26. The summed E-state index contributed by atoms with van der Waals surface area (Å²) < 4.78 is 0. The van der Waals surface area contributed by atoms with Crippen LogP contribution in [-0.2, 0) is 0 Å². The van der Waals surface area contributed by atoms with Gasteiger partial charge < -0.3 is 10.8 Å². The zero-order valence-corrected chi connectivity index (χ0v) is 7.51. The van der Waals surface area contributed by atoms with Gasteiger partial charge in [0.15, 0.2) is 0 Å². The van der Waals surface area contributed by atoms with E-state index in [1.807, 2.05) is 0 Å². The summed E-state index contributed by atoms with van der Waals surface area (Å²) >= 11 is 0. The van der Waals surface area contributed by atoms with Crippen molar-refractivity contribution in [3.05, 3.63) is 42.6 Å². The lowest BCUT2D eigenvalue weighted by molar-refractivity contribution is 0.475. The van der Waals surface area contributed by atoms with Crippen molar-refractivity contribution >= 4 is 5.69 Å². The van der Waals surface area contributed by atoms with Gasteiger partial charge >= 0.3 is 0 Å². The Labute approximate surface area is 81.8 Å². The van der Waals surface area contributed by atoms with E-state index >= 15 is 0 Å². The predicted molar refractivity (Wildman–Crippen MR) is 55.8 cm³/mol. The van der Waals surface area contributed by atoms with E-state index in [-0.39, 0.29) is 5.75 Å². The molecule has 3 heteroatoms. The van der Waals surface area contributed by atoms with E-state index in [1.165, 1.54) is 0 Å². The van der Waals surface area contributed by atoms with Gasteiger partial charge in [0.1, 0.15) is 5.75 Å². The summed E-state index contributed by atoms with van der Waals surface area (Å²) in [5.41, 5.74) is 8.07. The topological polar surface area (TPSA) is 59.1 Å². The standard InChI is InChI=1S/C11H10N2O/c12-9-5-6-13-11(7-9)8-1-3-10(14)4-2-8/h1-7,14H,(H2,12,13). The fourth-order valence-electron chi connectivity index (χ4n) is 1.24. The zero-order chi connectivity index (χ0) is 9.97. The van der Waals surface area contributed by atoms with Crippen LogP contribution in [0.1, 0.15) is 0 Å². The van der Waals surface area contributed by atoms with Gasteiger partial charge in [0.2, 0.25) is 0 Å².